The van der Waals surface area contributed by atoms with E-state index in [-0.39, 0.29) is 20.1 Å². The third kappa shape index (κ3) is 6.86. The van der Waals surface area contributed by atoms with Gasteiger partial charge in [-0.2, -0.15) is 0 Å². The summed E-state index contributed by atoms with van der Waals surface area (Å²) in [5.74, 6) is 0.579. The fourth-order valence-electron chi connectivity index (χ4n) is 6.58. The largest absolute Gasteiger partial charge is 0.501 e. The van der Waals surface area contributed by atoms with Gasteiger partial charge < -0.3 is 23.8 Å². The predicted molar refractivity (Wildman–Crippen MR) is 202 cm³/mol. The summed E-state index contributed by atoms with van der Waals surface area (Å²) in [7, 11) is 0. The van der Waals surface area contributed by atoms with Gasteiger partial charge >= 0.3 is 0 Å². The molecule has 0 saturated carbocycles. The number of para-hydroxylation sites is 2. The second-order valence-electron chi connectivity index (χ2n) is 13.0. The van der Waals surface area contributed by atoms with E-state index in [9.17, 15) is 0 Å². The minimum Gasteiger partial charge on any atom is -0.501 e. The monoisotopic (exact) mass is 842 g/mol. The first kappa shape index (κ1) is 34.0. The molecule has 4 aromatic carbocycles. The summed E-state index contributed by atoms with van der Waals surface area (Å²) < 4.78 is 12.3. The van der Waals surface area contributed by atoms with Gasteiger partial charge in [-0.15, -0.1) is 18.2 Å². The van der Waals surface area contributed by atoms with Gasteiger partial charge in [-0.3, -0.25) is 0 Å². The van der Waals surface area contributed by atoms with E-state index in [1.54, 1.807) is 6.20 Å². The summed E-state index contributed by atoms with van der Waals surface area (Å²) >= 11 is 0. The number of benzene rings is 4. The molecule has 0 saturated heterocycles. The molecule has 5 nitrogen and oxygen atoms in total. The second-order valence-corrected chi connectivity index (χ2v) is 13.0. The molecule has 1 radical (unpaired) electrons. The Morgan fingerprint density at radius 1 is 0.686 bits per heavy atom. The number of hydrogen-bond acceptors (Lipinski definition) is 5. The smallest absolute Gasteiger partial charge is 0.121 e. The molecule has 0 aliphatic heterocycles. The van der Waals surface area contributed by atoms with E-state index in [0.29, 0.717) is 5.92 Å². The van der Waals surface area contributed by atoms with Crippen LogP contribution in [0.4, 0.5) is 0 Å². The fourth-order valence-corrected chi connectivity index (χ4v) is 6.58. The van der Waals surface area contributed by atoms with Crippen LogP contribution in [-0.4, -0.2) is 15.0 Å². The van der Waals surface area contributed by atoms with Crippen molar-refractivity contribution in [2.24, 2.45) is 5.92 Å². The number of fused-ring (bicyclic) bond motifs is 6. The SMILES string of the molecule is Cc1cnc(-c2[c-]nc(Cc3ccccc3)c3c2oc2ccccc23)cc1CC(C)C.[Ir].[c-]1ccc2c(oc3ccccc32)c1-c1ccccn1. The van der Waals surface area contributed by atoms with Crippen LogP contribution in [-0.2, 0) is 32.9 Å². The molecule has 0 aliphatic carbocycles. The molecule has 5 aromatic heterocycles. The van der Waals surface area contributed by atoms with Crippen LogP contribution >= 0.6 is 0 Å². The normalized spacial score (nSPS) is 11.2. The van der Waals surface area contributed by atoms with Crippen molar-refractivity contribution in [1.29, 1.82) is 0 Å². The van der Waals surface area contributed by atoms with Gasteiger partial charge in [0, 0.05) is 43.3 Å². The Kier molecular flexibility index (Phi) is 9.89. The van der Waals surface area contributed by atoms with Gasteiger partial charge in [-0.05, 0) is 78.1 Å². The van der Waals surface area contributed by atoms with Crippen molar-refractivity contribution >= 4 is 43.9 Å². The summed E-state index contributed by atoms with van der Waals surface area (Å²) in [6.45, 7) is 6.60. The minimum atomic E-state index is 0. The molecule has 51 heavy (non-hydrogen) atoms. The van der Waals surface area contributed by atoms with E-state index in [2.05, 4.69) is 80.5 Å². The Hall–Kier alpha value is -5.42. The third-order valence-electron chi connectivity index (χ3n) is 8.99. The number of nitrogens with zero attached hydrogens (tertiary/aromatic N) is 3. The fraction of sp³-hybridized carbons (Fsp3) is 0.133. The van der Waals surface area contributed by atoms with E-state index in [4.69, 9.17) is 18.8 Å². The molecule has 0 aliphatic rings. The van der Waals surface area contributed by atoms with Crippen molar-refractivity contribution in [2.75, 3.05) is 0 Å². The zero-order chi connectivity index (χ0) is 34.0. The Labute approximate surface area is 310 Å². The third-order valence-corrected chi connectivity index (χ3v) is 8.99. The Morgan fingerprint density at radius 3 is 2.16 bits per heavy atom. The maximum Gasteiger partial charge on any atom is 0.121 e. The van der Waals surface area contributed by atoms with Crippen LogP contribution < -0.4 is 0 Å². The molecule has 9 rings (SSSR count). The van der Waals surface area contributed by atoms with Gasteiger partial charge in [-0.25, -0.2) is 0 Å². The topological polar surface area (TPSA) is 65.0 Å². The van der Waals surface area contributed by atoms with Gasteiger partial charge in [0.2, 0.25) is 0 Å². The summed E-state index contributed by atoms with van der Waals surface area (Å²) in [6, 6.07) is 41.8. The Bertz CT molecular complexity index is 2590. The quantitative estimate of drug-likeness (QED) is 0.156. The number of aromatic nitrogens is 3. The van der Waals surface area contributed by atoms with Crippen molar-refractivity contribution in [3.05, 3.63) is 162 Å². The Morgan fingerprint density at radius 2 is 1.39 bits per heavy atom. The van der Waals surface area contributed by atoms with Crippen LogP contribution in [0.15, 0.2) is 136 Å². The zero-order valence-electron chi connectivity index (χ0n) is 28.6. The first-order valence-corrected chi connectivity index (χ1v) is 17.0. The van der Waals surface area contributed by atoms with Crippen LogP contribution in [0, 0.1) is 25.1 Å². The second kappa shape index (κ2) is 14.8. The van der Waals surface area contributed by atoms with E-state index < -0.39 is 0 Å². The summed E-state index contributed by atoms with van der Waals surface area (Å²) in [4.78, 5) is 13.9. The zero-order valence-corrected chi connectivity index (χ0v) is 31.0. The van der Waals surface area contributed by atoms with Crippen molar-refractivity contribution in [3.63, 3.8) is 0 Å². The van der Waals surface area contributed by atoms with Crippen LogP contribution in [0.25, 0.3) is 66.4 Å². The number of aryl methyl sites for hydroxylation is 1. The number of hydrogen-bond donors (Lipinski definition) is 0. The molecular weight excluding hydrogens is 807 g/mol. The molecule has 6 heteroatoms. The summed E-state index contributed by atoms with van der Waals surface area (Å²) in [5, 5.41) is 4.38. The van der Waals surface area contributed by atoms with Crippen molar-refractivity contribution in [3.8, 4) is 22.5 Å². The van der Waals surface area contributed by atoms with Gasteiger partial charge in [0.15, 0.2) is 0 Å². The van der Waals surface area contributed by atoms with Crippen molar-refractivity contribution in [1.82, 2.24) is 15.0 Å². The first-order chi connectivity index (χ1) is 24.5. The maximum absolute atomic E-state index is 6.36. The van der Waals surface area contributed by atoms with Crippen molar-refractivity contribution in [2.45, 2.75) is 33.6 Å². The van der Waals surface area contributed by atoms with E-state index in [1.807, 2.05) is 79.0 Å². The van der Waals surface area contributed by atoms with Crippen LogP contribution in [0.1, 0.15) is 36.2 Å². The molecule has 253 valence electrons. The van der Waals surface area contributed by atoms with E-state index >= 15 is 0 Å². The summed E-state index contributed by atoms with van der Waals surface area (Å²) in [6.07, 6.45) is 8.76. The van der Waals surface area contributed by atoms with Crippen LogP contribution in [0.5, 0.6) is 0 Å². The summed E-state index contributed by atoms with van der Waals surface area (Å²) in [5.41, 5.74) is 11.6. The van der Waals surface area contributed by atoms with Gasteiger partial charge in [0.1, 0.15) is 11.2 Å². The predicted octanol–water partition coefficient (Wildman–Crippen LogP) is 11.4. The van der Waals surface area contributed by atoms with Gasteiger partial charge in [-0.1, -0.05) is 126 Å². The number of rotatable bonds is 6. The van der Waals surface area contributed by atoms with Crippen molar-refractivity contribution < 1.29 is 28.9 Å². The molecule has 9 aromatic rings. The maximum atomic E-state index is 6.36. The average Bonchev–Trinajstić information content (AvgIpc) is 3.73. The van der Waals surface area contributed by atoms with Crippen LogP contribution in [0.2, 0.25) is 0 Å². The minimum absolute atomic E-state index is 0. The average molecular weight is 842 g/mol. The molecule has 0 unspecified atom stereocenters. The molecule has 0 atom stereocenters. The molecule has 5 heterocycles. The molecule has 0 fully saturated rings. The number of pyridine rings is 3. The van der Waals surface area contributed by atoms with E-state index in [1.165, 1.54) is 16.7 Å². The van der Waals surface area contributed by atoms with E-state index in [0.717, 1.165) is 84.9 Å². The number of furan rings is 2. The standard InChI is InChI=1S/C28H25N2O.C17H10NO.Ir/c1-18(2)13-21-15-24(29-16-19(21)3)23-17-30-25(14-20-9-5-4-6-10-20)27-22-11-7-8-12-26(22)31-28(23)27;1-2-10-16-12(6-1)13-7-5-8-14(17(13)19-16)15-9-3-4-11-18-15;/h4-12,15-16,18H,13-14H2,1-3H3;1-7,9-11H;/q2*-1;. The van der Waals surface area contributed by atoms with Gasteiger partial charge in [0.25, 0.3) is 0 Å². The van der Waals surface area contributed by atoms with Crippen LogP contribution in [0.3, 0.4) is 0 Å². The van der Waals surface area contributed by atoms with Gasteiger partial charge in [0.05, 0.1) is 11.2 Å². The molecule has 0 bridgehead atoms. The molecule has 0 amide bonds. The first-order valence-electron chi connectivity index (χ1n) is 17.0. The molecule has 0 N–H and O–H groups in total. The molecule has 0 spiro atoms. The Balaban J connectivity index is 0.000000174. The molecular formula is C45H35IrN3O2-2.